The summed E-state index contributed by atoms with van der Waals surface area (Å²) in [5, 5.41) is 20.5. The molecule has 0 aromatic heterocycles. The molecule has 1 aliphatic heterocycles. The molecule has 0 radical (unpaired) electrons. The van der Waals surface area contributed by atoms with E-state index < -0.39 is 23.8 Å². The third-order valence-corrected chi connectivity index (χ3v) is 3.34. The number of imide groups is 1. The third-order valence-electron chi connectivity index (χ3n) is 3.34. The van der Waals surface area contributed by atoms with E-state index in [1.54, 1.807) is 0 Å². The Morgan fingerprint density at radius 1 is 0.762 bits per heavy atom. The van der Waals surface area contributed by atoms with Crippen LogP contribution in [-0.2, 0) is 0 Å². The van der Waals surface area contributed by atoms with Crippen LogP contribution in [0.5, 0.6) is 0 Å². The minimum absolute atomic E-state index is 0.0588. The van der Waals surface area contributed by atoms with Crippen LogP contribution in [0.1, 0.15) is 41.4 Å². The molecule has 3 N–H and O–H groups in total. The zero-order chi connectivity index (χ0) is 15.3. The van der Waals surface area contributed by atoms with Gasteiger partial charge in [0.1, 0.15) is 0 Å². The van der Waals surface area contributed by atoms with Gasteiger partial charge >= 0.3 is 11.9 Å². The van der Waals surface area contributed by atoms with Gasteiger partial charge in [0, 0.05) is 21.9 Å². The van der Waals surface area contributed by atoms with Crippen LogP contribution in [0.25, 0.3) is 10.8 Å². The van der Waals surface area contributed by atoms with E-state index in [2.05, 4.69) is 5.32 Å². The predicted molar refractivity (Wildman–Crippen MR) is 69.7 cm³/mol. The summed E-state index contributed by atoms with van der Waals surface area (Å²) in [5.41, 5.74) is -0.383. The molecule has 0 atom stereocenters. The SMILES string of the molecule is O=C(O)c1ccc2c3c(ccc(C(=O)O)c13)C(=O)NC2=O. The van der Waals surface area contributed by atoms with Crippen LogP contribution in [0, 0.1) is 0 Å². The van der Waals surface area contributed by atoms with Gasteiger partial charge in [0.05, 0.1) is 11.1 Å². The van der Waals surface area contributed by atoms with Gasteiger partial charge in [-0.15, -0.1) is 0 Å². The Morgan fingerprint density at radius 2 is 1.19 bits per heavy atom. The van der Waals surface area contributed by atoms with E-state index in [9.17, 15) is 29.4 Å². The van der Waals surface area contributed by atoms with E-state index in [-0.39, 0.29) is 33.0 Å². The number of carboxylic acids is 2. The van der Waals surface area contributed by atoms with Crippen molar-refractivity contribution in [2.24, 2.45) is 0 Å². The molecule has 2 amide bonds. The number of rotatable bonds is 2. The molecule has 0 bridgehead atoms. The van der Waals surface area contributed by atoms with Crippen molar-refractivity contribution in [3.63, 3.8) is 0 Å². The van der Waals surface area contributed by atoms with Crippen LogP contribution >= 0.6 is 0 Å². The minimum atomic E-state index is -1.33. The molecule has 0 unspecified atom stereocenters. The number of benzene rings is 2. The van der Waals surface area contributed by atoms with Gasteiger partial charge in [-0.25, -0.2) is 9.59 Å². The largest absolute Gasteiger partial charge is 0.478 e. The van der Waals surface area contributed by atoms with E-state index in [0.717, 1.165) is 12.1 Å². The van der Waals surface area contributed by atoms with E-state index in [4.69, 9.17) is 0 Å². The maximum atomic E-state index is 11.8. The Labute approximate surface area is 116 Å². The minimum Gasteiger partial charge on any atom is -0.478 e. The van der Waals surface area contributed by atoms with Gasteiger partial charge in [-0.1, -0.05) is 0 Å². The summed E-state index contributed by atoms with van der Waals surface area (Å²) in [6.45, 7) is 0. The zero-order valence-electron chi connectivity index (χ0n) is 10.3. The van der Waals surface area contributed by atoms with Gasteiger partial charge in [-0.05, 0) is 24.3 Å². The van der Waals surface area contributed by atoms with Gasteiger partial charge in [0.15, 0.2) is 0 Å². The Balaban J connectivity index is 2.60. The van der Waals surface area contributed by atoms with Crippen molar-refractivity contribution < 1.29 is 29.4 Å². The van der Waals surface area contributed by atoms with Crippen molar-refractivity contribution >= 4 is 34.5 Å². The second kappa shape index (κ2) is 4.14. The van der Waals surface area contributed by atoms with Crippen molar-refractivity contribution in [1.29, 1.82) is 0 Å². The molecule has 0 saturated carbocycles. The standard InChI is InChI=1S/C14H7NO6/c16-11-5-1-3-7(13(18)19)10-8(14(20)21)4-2-6(9(5)10)12(17)15-11/h1-4H,(H,18,19)(H,20,21)(H,15,16,17). The molecule has 0 aliphatic carbocycles. The van der Waals surface area contributed by atoms with Crippen molar-refractivity contribution in [3.05, 3.63) is 46.5 Å². The summed E-state index contributed by atoms with van der Waals surface area (Å²) in [4.78, 5) is 46.2. The number of amides is 2. The number of nitrogens with one attached hydrogen (secondary N) is 1. The zero-order valence-corrected chi connectivity index (χ0v) is 10.3. The molecule has 7 nitrogen and oxygen atoms in total. The molecule has 0 fully saturated rings. The van der Waals surface area contributed by atoms with E-state index >= 15 is 0 Å². The van der Waals surface area contributed by atoms with E-state index in [0.29, 0.717) is 0 Å². The third kappa shape index (κ3) is 1.68. The Hall–Kier alpha value is -3.22. The summed E-state index contributed by atoms with van der Waals surface area (Å²) < 4.78 is 0. The molecule has 104 valence electrons. The van der Waals surface area contributed by atoms with Gasteiger partial charge in [0.2, 0.25) is 0 Å². The first-order valence-electron chi connectivity index (χ1n) is 5.84. The highest BCUT2D eigenvalue weighted by Gasteiger charge is 2.29. The molecule has 1 heterocycles. The number of carboxylic acid groups (broad SMARTS) is 2. The Morgan fingerprint density at radius 3 is 1.57 bits per heavy atom. The lowest BCUT2D eigenvalue weighted by atomic mass is 9.89. The molecule has 1 aliphatic rings. The molecular weight excluding hydrogens is 278 g/mol. The summed E-state index contributed by atoms with van der Waals surface area (Å²) in [6, 6.07) is 4.85. The lowest BCUT2D eigenvalue weighted by molar-refractivity contribution is 0.0695. The summed E-state index contributed by atoms with van der Waals surface area (Å²) in [5.74, 6) is -4.03. The highest BCUT2D eigenvalue weighted by molar-refractivity contribution is 6.29. The molecule has 3 rings (SSSR count). The lowest BCUT2D eigenvalue weighted by Gasteiger charge is -2.18. The van der Waals surface area contributed by atoms with Gasteiger partial charge in [0.25, 0.3) is 11.8 Å². The van der Waals surface area contributed by atoms with Crippen molar-refractivity contribution in [1.82, 2.24) is 5.32 Å². The second-order valence-corrected chi connectivity index (χ2v) is 4.46. The van der Waals surface area contributed by atoms with Crippen LogP contribution in [-0.4, -0.2) is 34.0 Å². The summed E-state index contributed by atoms with van der Waals surface area (Å²) >= 11 is 0. The van der Waals surface area contributed by atoms with Crippen LogP contribution < -0.4 is 5.32 Å². The fourth-order valence-electron chi connectivity index (χ4n) is 2.47. The quantitative estimate of drug-likeness (QED) is 0.711. The molecule has 0 spiro atoms. The Bertz CT molecular complexity index is 801. The highest BCUT2D eigenvalue weighted by atomic mass is 16.4. The van der Waals surface area contributed by atoms with E-state index in [1.807, 2.05) is 0 Å². The number of hydrogen-bond donors (Lipinski definition) is 3. The first kappa shape index (κ1) is 12.8. The smallest absolute Gasteiger partial charge is 0.336 e. The second-order valence-electron chi connectivity index (χ2n) is 4.46. The first-order valence-corrected chi connectivity index (χ1v) is 5.84. The normalized spacial score (nSPS) is 13.1. The van der Waals surface area contributed by atoms with Crippen molar-refractivity contribution in [3.8, 4) is 0 Å². The lowest BCUT2D eigenvalue weighted by Crippen LogP contribution is -2.35. The average molecular weight is 285 g/mol. The van der Waals surface area contributed by atoms with Crippen LogP contribution in [0.4, 0.5) is 0 Å². The first-order chi connectivity index (χ1) is 9.91. The molecule has 2 aromatic rings. The van der Waals surface area contributed by atoms with E-state index in [1.165, 1.54) is 12.1 Å². The van der Waals surface area contributed by atoms with Crippen LogP contribution in [0.3, 0.4) is 0 Å². The molecule has 2 aromatic carbocycles. The Kier molecular flexibility index (Phi) is 2.52. The van der Waals surface area contributed by atoms with Crippen LogP contribution in [0.15, 0.2) is 24.3 Å². The van der Waals surface area contributed by atoms with Gasteiger partial charge in [-0.2, -0.15) is 0 Å². The maximum absolute atomic E-state index is 11.8. The number of carbonyl (C=O) groups is 4. The molecule has 0 saturated heterocycles. The van der Waals surface area contributed by atoms with Crippen molar-refractivity contribution in [2.75, 3.05) is 0 Å². The summed E-state index contributed by atoms with van der Waals surface area (Å²) in [6.07, 6.45) is 0. The number of hydrogen-bond acceptors (Lipinski definition) is 4. The number of aromatic carboxylic acids is 2. The fourth-order valence-corrected chi connectivity index (χ4v) is 2.47. The number of carbonyl (C=O) groups excluding carboxylic acids is 2. The molecule has 21 heavy (non-hydrogen) atoms. The molecular formula is C14H7NO6. The van der Waals surface area contributed by atoms with Gasteiger partial charge < -0.3 is 10.2 Å². The fraction of sp³-hybridized carbons (Fsp3) is 0. The topological polar surface area (TPSA) is 121 Å². The van der Waals surface area contributed by atoms with Gasteiger partial charge in [-0.3, -0.25) is 14.9 Å². The van der Waals surface area contributed by atoms with Crippen LogP contribution in [0.2, 0.25) is 0 Å². The average Bonchev–Trinajstić information content (AvgIpc) is 2.43. The maximum Gasteiger partial charge on any atom is 0.336 e. The van der Waals surface area contributed by atoms with Crippen molar-refractivity contribution in [2.45, 2.75) is 0 Å². The predicted octanol–water partition coefficient (Wildman–Crippen LogP) is 1.12. The monoisotopic (exact) mass is 285 g/mol. The molecule has 7 heteroatoms. The highest BCUT2D eigenvalue weighted by Crippen LogP contribution is 2.32. The summed E-state index contributed by atoms with van der Waals surface area (Å²) in [7, 11) is 0.